The number of nitrogens with zero attached hydrogens (tertiary/aromatic N) is 2. The second-order valence-electron chi connectivity index (χ2n) is 5.13. The van der Waals surface area contributed by atoms with Gasteiger partial charge in [-0.3, -0.25) is 4.79 Å². The van der Waals surface area contributed by atoms with Crippen LogP contribution in [0.3, 0.4) is 0 Å². The van der Waals surface area contributed by atoms with Crippen LogP contribution in [0.25, 0.3) is 0 Å². The summed E-state index contributed by atoms with van der Waals surface area (Å²) in [5.74, 6) is -1.95. The number of rotatable bonds is 6. The van der Waals surface area contributed by atoms with Crippen molar-refractivity contribution in [2.24, 2.45) is 0 Å². The van der Waals surface area contributed by atoms with Gasteiger partial charge in [-0.2, -0.15) is 0 Å². The number of nitrogens with one attached hydrogen (secondary N) is 1. The molecule has 0 atom stereocenters. The largest absolute Gasteiger partial charge is 0.461 e. The van der Waals surface area contributed by atoms with Gasteiger partial charge in [0.1, 0.15) is 5.69 Å². The molecule has 0 aliphatic heterocycles. The summed E-state index contributed by atoms with van der Waals surface area (Å²) >= 11 is 0. The molecule has 25 heavy (non-hydrogen) atoms. The smallest absolute Gasteiger partial charge is 0.361 e. The summed E-state index contributed by atoms with van der Waals surface area (Å²) in [5.41, 5.74) is 6.78. The van der Waals surface area contributed by atoms with Gasteiger partial charge < -0.3 is 20.2 Å². The van der Waals surface area contributed by atoms with Crippen LogP contribution in [0.5, 0.6) is 0 Å². The minimum atomic E-state index is -0.851. The van der Waals surface area contributed by atoms with Crippen LogP contribution in [0.2, 0.25) is 0 Å². The summed E-state index contributed by atoms with van der Waals surface area (Å²) in [6, 6.07) is 0. The second-order valence-corrected chi connectivity index (χ2v) is 5.13. The number of aromatic amines is 1. The van der Waals surface area contributed by atoms with E-state index in [1.165, 1.54) is 12.4 Å². The highest BCUT2D eigenvalue weighted by molar-refractivity contribution is 6.04. The zero-order chi connectivity index (χ0) is 18.6. The van der Waals surface area contributed by atoms with Gasteiger partial charge in [-0.05, 0) is 26.3 Å². The molecule has 0 aromatic carbocycles. The molecular formula is C16H18N4O5. The average Bonchev–Trinajstić information content (AvgIpc) is 2.87. The molecule has 3 N–H and O–H groups in total. The summed E-state index contributed by atoms with van der Waals surface area (Å²) in [6.07, 6.45) is 2.63. The number of anilines is 1. The number of H-pyrrole nitrogens is 1. The maximum Gasteiger partial charge on any atom is 0.361 e. The lowest BCUT2D eigenvalue weighted by atomic mass is 10.1. The third-order valence-corrected chi connectivity index (χ3v) is 3.45. The van der Waals surface area contributed by atoms with Crippen molar-refractivity contribution < 1.29 is 23.9 Å². The number of ketones is 1. The van der Waals surface area contributed by atoms with Crippen molar-refractivity contribution >= 4 is 23.5 Å². The summed E-state index contributed by atoms with van der Waals surface area (Å²) in [4.78, 5) is 46.5. The minimum absolute atomic E-state index is 0.0847. The molecule has 0 saturated heterocycles. The molecule has 2 heterocycles. The molecule has 0 aliphatic rings. The molecule has 0 unspecified atom stereocenters. The number of Topliss-reactive ketones (excluding diaryl/α,β-unsaturated/α-hetero) is 1. The number of carbonyl (C=O) groups excluding carboxylic acids is 3. The maximum absolute atomic E-state index is 12.4. The van der Waals surface area contributed by atoms with Gasteiger partial charge in [0.25, 0.3) is 0 Å². The zero-order valence-corrected chi connectivity index (χ0v) is 14.1. The summed E-state index contributed by atoms with van der Waals surface area (Å²) in [6.45, 7) is 4.65. The van der Waals surface area contributed by atoms with E-state index < -0.39 is 24.3 Å². The van der Waals surface area contributed by atoms with Crippen molar-refractivity contribution in [1.82, 2.24) is 15.0 Å². The van der Waals surface area contributed by atoms with Crippen LogP contribution >= 0.6 is 0 Å². The highest BCUT2D eigenvalue weighted by atomic mass is 16.5. The minimum Gasteiger partial charge on any atom is -0.461 e. The topological polar surface area (TPSA) is 137 Å². The number of hydrogen-bond acceptors (Lipinski definition) is 8. The molecule has 2 aromatic heterocycles. The Balaban J connectivity index is 2.13. The van der Waals surface area contributed by atoms with E-state index >= 15 is 0 Å². The number of carbonyl (C=O) groups is 3. The fourth-order valence-electron chi connectivity index (χ4n) is 2.35. The Morgan fingerprint density at radius 3 is 2.44 bits per heavy atom. The predicted molar refractivity (Wildman–Crippen MR) is 87.3 cm³/mol. The number of hydrogen-bond donors (Lipinski definition) is 2. The fourth-order valence-corrected chi connectivity index (χ4v) is 2.35. The van der Waals surface area contributed by atoms with Crippen LogP contribution < -0.4 is 5.73 Å². The summed E-state index contributed by atoms with van der Waals surface area (Å²) in [5, 5.41) is 0. The quantitative estimate of drug-likeness (QED) is 0.588. The molecule has 132 valence electrons. The lowest BCUT2D eigenvalue weighted by Crippen LogP contribution is -2.18. The van der Waals surface area contributed by atoms with Gasteiger partial charge in [0.15, 0.2) is 18.1 Å². The Hall–Kier alpha value is -3.23. The van der Waals surface area contributed by atoms with Crippen molar-refractivity contribution in [2.45, 2.75) is 20.8 Å². The third kappa shape index (κ3) is 3.82. The lowest BCUT2D eigenvalue weighted by molar-refractivity contribution is 0.0468. The molecule has 0 saturated carbocycles. The van der Waals surface area contributed by atoms with Crippen molar-refractivity contribution in [3.63, 3.8) is 0 Å². The number of aromatic nitrogens is 3. The van der Waals surface area contributed by atoms with Crippen LogP contribution in [0.1, 0.15) is 49.5 Å². The van der Waals surface area contributed by atoms with Gasteiger partial charge in [0.05, 0.1) is 6.61 Å². The Bertz CT molecular complexity index is 828. The number of esters is 2. The number of nitrogens with two attached hydrogens (primary N) is 1. The molecule has 0 bridgehead atoms. The molecule has 9 heteroatoms. The highest BCUT2D eigenvalue weighted by Crippen LogP contribution is 2.20. The SMILES string of the molecule is CCOC(=O)c1[nH]c(C)c(C(=O)COC(=O)c2nccnc2N)c1C. The van der Waals surface area contributed by atoms with Crippen LogP contribution in [0.15, 0.2) is 12.4 Å². The molecule has 0 amide bonds. The van der Waals surface area contributed by atoms with E-state index in [0.717, 1.165) is 0 Å². The van der Waals surface area contributed by atoms with Crippen molar-refractivity contribution in [3.8, 4) is 0 Å². The Morgan fingerprint density at radius 2 is 1.80 bits per heavy atom. The molecule has 2 aromatic rings. The second kappa shape index (κ2) is 7.56. The first-order chi connectivity index (χ1) is 11.9. The number of ether oxygens (including phenoxy) is 2. The van der Waals surface area contributed by atoms with Gasteiger partial charge in [-0.1, -0.05) is 0 Å². The van der Waals surface area contributed by atoms with Crippen molar-refractivity contribution in [2.75, 3.05) is 18.9 Å². The first kappa shape index (κ1) is 18.1. The number of aryl methyl sites for hydroxylation is 1. The van der Waals surface area contributed by atoms with E-state index in [-0.39, 0.29) is 29.4 Å². The zero-order valence-electron chi connectivity index (χ0n) is 14.1. The Labute approximate surface area is 143 Å². The molecule has 0 spiro atoms. The van der Waals surface area contributed by atoms with E-state index in [2.05, 4.69) is 15.0 Å². The summed E-state index contributed by atoms with van der Waals surface area (Å²) in [7, 11) is 0. The van der Waals surface area contributed by atoms with Crippen molar-refractivity contribution in [3.05, 3.63) is 40.6 Å². The highest BCUT2D eigenvalue weighted by Gasteiger charge is 2.24. The molecular weight excluding hydrogens is 328 g/mol. The number of nitrogen functional groups attached to an aromatic ring is 1. The normalized spacial score (nSPS) is 10.4. The molecule has 0 fully saturated rings. The van der Waals surface area contributed by atoms with Crippen LogP contribution in [-0.4, -0.2) is 45.9 Å². The van der Waals surface area contributed by atoms with Crippen molar-refractivity contribution in [1.29, 1.82) is 0 Å². The van der Waals surface area contributed by atoms with Gasteiger partial charge in [0, 0.05) is 23.7 Å². The molecule has 2 rings (SSSR count). The molecule has 0 aliphatic carbocycles. The van der Waals surface area contributed by atoms with Gasteiger partial charge in [0.2, 0.25) is 5.78 Å². The Morgan fingerprint density at radius 1 is 1.12 bits per heavy atom. The van der Waals surface area contributed by atoms with E-state index in [9.17, 15) is 14.4 Å². The van der Waals surface area contributed by atoms with E-state index in [4.69, 9.17) is 15.2 Å². The van der Waals surface area contributed by atoms with Crippen LogP contribution in [-0.2, 0) is 9.47 Å². The predicted octanol–water partition coefficient (Wildman–Crippen LogP) is 1.22. The third-order valence-electron chi connectivity index (χ3n) is 3.45. The van der Waals surface area contributed by atoms with Gasteiger partial charge >= 0.3 is 11.9 Å². The van der Waals surface area contributed by atoms with E-state index in [0.29, 0.717) is 11.3 Å². The van der Waals surface area contributed by atoms with Crippen LogP contribution in [0.4, 0.5) is 5.82 Å². The van der Waals surface area contributed by atoms with Gasteiger partial charge in [-0.25, -0.2) is 19.6 Å². The standard InChI is InChI=1S/C16H18N4O5/c1-4-24-15(22)12-8(2)11(9(3)20-12)10(21)7-25-16(23)13-14(17)19-6-5-18-13/h5-6,20H,4,7H2,1-3H3,(H2,17,19). The first-order valence-corrected chi connectivity index (χ1v) is 7.49. The lowest BCUT2D eigenvalue weighted by Gasteiger charge is -2.06. The fraction of sp³-hybridized carbons (Fsp3) is 0.312. The molecule has 9 nitrogen and oxygen atoms in total. The maximum atomic E-state index is 12.4. The van der Waals surface area contributed by atoms with E-state index in [1.807, 2.05) is 0 Å². The Kier molecular flexibility index (Phi) is 5.48. The van der Waals surface area contributed by atoms with E-state index in [1.54, 1.807) is 20.8 Å². The molecule has 0 radical (unpaired) electrons. The average molecular weight is 346 g/mol. The van der Waals surface area contributed by atoms with Crippen LogP contribution in [0, 0.1) is 13.8 Å². The first-order valence-electron chi connectivity index (χ1n) is 7.49. The van der Waals surface area contributed by atoms with Gasteiger partial charge in [-0.15, -0.1) is 0 Å². The monoisotopic (exact) mass is 346 g/mol. The summed E-state index contributed by atoms with van der Waals surface area (Å²) < 4.78 is 9.88.